The molecule has 4 aliphatic rings. The molecule has 4 fully saturated rings. The van der Waals surface area contributed by atoms with Gasteiger partial charge in [-0.3, -0.25) is 0 Å². The molecule has 1 aromatic rings. The minimum absolute atomic E-state index is 0.687. The summed E-state index contributed by atoms with van der Waals surface area (Å²) in [4.78, 5) is 0.706. The van der Waals surface area contributed by atoms with Crippen LogP contribution in [-0.2, 0) is 33.2 Å². The summed E-state index contributed by atoms with van der Waals surface area (Å²) in [5.74, 6) is 0. The Hall–Kier alpha value is -1.23. The first-order chi connectivity index (χ1) is 24.3. The number of aliphatic hydroxyl groups is 13. The number of hydrogen-bond acceptors (Lipinski definition) is 21. The molecule has 1 aromatic carbocycles. The van der Waals surface area contributed by atoms with Crippen LogP contribution < -0.4 is 0 Å². The highest BCUT2D eigenvalue weighted by Crippen LogP contribution is 2.37. The normalized spacial score (nSPS) is 48.0. The zero-order chi connectivity index (χ0) is 37.1. The predicted molar refractivity (Wildman–Crippen MR) is 164 cm³/mol. The summed E-state index contributed by atoms with van der Waals surface area (Å²) in [6, 6.07) is 8.82. The highest BCUT2D eigenvalue weighted by Gasteiger charge is 2.55. The number of rotatable bonds is 12. The summed E-state index contributed by atoms with van der Waals surface area (Å²) in [6.45, 7) is -3.23. The summed E-state index contributed by atoms with van der Waals surface area (Å²) in [6.07, 6.45) is -32.4. The van der Waals surface area contributed by atoms with Gasteiger partial charge in [0.05, 0.1) is 26.4 Å². The second kappa shape index (κ2) is 17.9. The van der Waals surface area contributed by atoms with Crippen molar-refractivity contribution < 1.29 is 99.5 Å². The van der Waals surface area contributed by atoms with Crippen molar-refractivity contribution in [2.24, 2.45) is 0 Å². The van der Waals surface area contributed by atoms with E-state index in [1.165, 1.54) is 0 Å². The van der Waals surface area contributed by atoms with Gasteiger partial charge in [-0.2, -0.15) is 0 Å². The lowest BCUT2D eigenvalue weighted by Gasteiger charge is -2.49. The lowest BCUT2D eigenvalue weighted by atomic mass is 9.95. The van der Waals surface area contributed by atoms with Crippen molar-refractivity contribution in [2.75, 3.05) is 26.4 Å². The Balaban J connectivity index is 1.23. The molecule has 292 valence electrons. The molecule has 0 bridgehead atoms. The molecular formula is C30H46O20S. The van der Waals surface area contributed by atoms with Gasteiger partial charge in [0.2, 0.25) is 0 Å². The first kappa shape index (κ1) is 40.9. The van der Waals surface area contributed by atoms with Crippen LogP contribution in [0.3, 0.4) is 0 Å². The summed E-state index contributed by atoms with van der Waals surface area (Å²) in [5.41, 5.74) is -1.02. The number of benzene rings is 1. The summed E-state index contributed by atoms with van der Waals surface area (Å²) in [5, 5.41) is 136. The lowest BCUT2D eigenvalue weighted by Crippen LogP contribution is -2.67. The van der Waals surface area contributed by atoms with Crippen LogP contribution in [0.15, 0.2) is 35.2 Å². The van der Waals surface area contributed by atoms with E-state index in [0.29, 0.717) is 4.90 Å². The Kier molecular flexibility index (Phi) is 14.4. The Morgan fingerprint density at radius 2 is 0.804 bits per heavy atom. The molecule has 0 aliphatic carbocycles. The van der Waals surface area contributed by atoms with Crippen LogP contribution in [0.25, 0.3) is 0 Å². The highest BCUT2D eigenvalue weighted by atomic mass is 32.2. The number of hydrogen-bond donors (Lipinski definition) is 13. The number of aliphatic hydroxyl groups excluding tert-OH is 13. The van der Waals surface area contributed by atoms with E-state index in [4.69, 9.17) is 33.2 Å². The van der Waals surface area contributed by atoms with Gasteiger partial charge in [-0.25, -0.2) is 0 Å². The smallest absolute Gasteiger partial charge is 0.187 e. The largest absolute Gasteiger partial charge is 0.394 e. The first-order valence-corrected chi connectivity index (χ1v) is 17.1. The van der Waals surface area contributed by atoms with Crippen LogP contribution in [0.4, 0.5) is 0 Å². The Morgan fingerprint density at radius 1 is 0.431 bits per heavy atom. The molecule has 0 spiro atoms. The van der Waals surface area contributed by atoms with Gasteiger partial charge in [0, 0.05) is 4.90 Å². The summed E-state index contributed by atoms with van der Waals surface area (Å²) < 4.78 is 39.1. The maximum absolute atomic E-state index is 11.1. The van der Waals surface area contributed by atoms with Gasteiger partial charge in [0.25, 0.3) is 0 Å². The predicted octanol–water partition coefficient (Wildman–Crippen LogP) is -6.95. The third-order valence-corrected chi connectivity index (χ3v) is 10.3. The van der Waals surface area contributed by atoms with E-state index in [0.717, 1.165) is 11.8 Å². The van der Waals surface area contributed by atoms with Crippen molar-refractivity contribution in [3.8, 4) is 0 Å². The van der Waals surface area contributed by atoms with Crippen LogP contribution in [0.1, 0.15) is 0 Å². The monoisotopic (exact) mass is 758 g/mol. The standard InChI is InChI=1S/C30H46O20S/c31-6-11-15(35)16(36)20(40)27(44-11)48-24-12(7-32)45-28(21(41)17(24)37)49-25-13(8-33)46-29(22(42)18(25)38)50-26-14(9-34)47-30(23(43)19(26)39)51-10-4-2-1-3-5-10/h1-5,11-43H,6-9H2/t11-,12-,13-,14-,15-,16+,17-,18-,19-,20-,21-,22-,23-,24-,25-,26-,27+,28+,29+,30-/m1/s1. The third-order valence-electron chi connectivity index (χ3n) is 9.18. The van der Waals surface area contributed by atoms with Crippen LogP contribution in [-0.4, -0.2) is 215 Å². The molecule has 13 N–H and O–H groups in total. The minimum Gasteiger partial charge on any atom is -0.394 e. The van der Waals surface area contributed by atoms with Crippen molar-refractivity contribution in [2.45, 2.75) is 127 Å². The van der Waals surface area contributed by atoms with Gasteiger partial charge in [0.15, 0.2) is 18.9 Å². The molecule has 0 radical (unpaired) electrons. The van der Waals surface area contributed by atoms with Gasteiger partial charge in [-0.1, -0.05) is 30.0 Å². The van der Waals surface area contributed by atoms with E-state index in [9.17, 15) is 66.4 Å². The molecule has 20 nitrogen and oxygen atoms in total. The average Bonchev–Trinajstić information content (AvgIpc) is 3.14. The molecule has 5 rings (SSSR count). The minimum atomic E-state index is -2.01. The third kappa shape index (κ3) is 8.69. The lowest BCUT2D eigenvalue weighted by molar-refractivity contribution is -0.384. The number of thioether (sulfide) groups is 1. The second-order valence-corrected chi connectivity index (χ2v) is 13.7. The van der Waals surface area contributed by atoms with E-state index < -0.39 is 148 Å². The zero-order valence-electron chi connectivity index (χ0n) is 26.8. The second-order valence-electron chi connectivity index (χ2n) is 12.6. The van der Waals surface area contributed by atoms with Crippen molar-refractivity contribution in [3.63, 3.8) is 0 Å². The molecule has 4 aliphatic heterocycles. The summed E-state index contributed by atoms with van der Waals surface area (Å²) >= 11 is 1.09. The van der Waals surface area contributed by atoms with Gasteiger partial charge in [-0.05, 0) is 12.1 Å². The molecule has 0 amide bonds. The Bertz CT molecular complexity index is 1200. The SMILES string of the molecule is OC[C@H]1O[C@@H](O[C@H]2[C@H](O)[C@@H](O)[C@H](O[C@H]3[C@H](O)[C@@H](O)[C@H](O[C@H]4[C@H](O)[C@@H](O)[C@@H](Sc5ccccc5)O[C@@H]4CO)O[C@@H]3CO)O[C@@H]2CO)[C@H](O)[C@@H](O)[C@@H]1O. The maximum Gasteiger partial charge on any atom is 0.187 e. The van der Waals surface area contributed by atoms with Crippen molar-refractivity contribution in [1.82, 2.24) is 0 Å². The van der Waals surface area contributed by atoms with Crippen molar-refractivity contribution >= 4 is 11.8 Å². The van der Waals surface area contributed by atoms with Crippen LogP contribution in [0, 0.1) is 0 Å². The fraction of sp³-hybridized carbons (Fsp3) is 0.800. The fourth-order valence-electron chi connectivity index (χ4n) is 6.26. The average molecular weight is 759 g/mol. The molecule has 20 atom stereocenters. The molecule has 4 saturated heterocycles. The van der Waals surface area contributed by atoms with Gasteiger partial charge < -0.3 is 99.5 Å². The van der Waals surface area contributed by atoms with Crippen molar-refractivity contribution in [3.05, 3.63) is 30.3 Å². The maximum atomic E-state index is 11.1. The summed E-state index contributed by atoms with van der Waals surface area (Å²) in [7, 11) is 0. The van der Waals surface area contributed by atoms with Crippen LogP contribution in [0.5, 0.6) is 0 Å². The van der Waals surface area contributed by atoms with E-state index in [1.807, 2.05) is 0 Å². The van der Waals surface area contributed by atoms with E-state index >= 15 is 0 Å². The van der Waals surface area contributed by atoms with Crippen LogP contribution >= 0.6 is 11.8 Å². The molecule has 0 saturated carbocycles. The molecule has 0 unspecified atom stereocenters. The van der Waals surface area contributed by atoms with Crippen molar-refractivity contribution in [1.29, 1.82) is 0 Å². The fourth-order valence-corrected chi connectivity index (χ4v) is 7.34. The topological polar surface area (TPSA) is 328 Å². The van der Waals surface area contributed by atoms with Gasteiger partial charge in [0.1, 0.15) is 103 Å². The molecule has 0 aromatic heterocycles. The Labute approximate surface area is 294 Å². The zero-order valence-corrected chi connectivity index (χ0v) is 27.7. The molecule has 4 heterocycles. The molecule has 51 heavy (non-hydrogen) atoms. The van der Waals surface area contributed by atoms with E-state index in [2.05, 4.69) is 0 Å². The van der Waals surface area contributed by atoms with E-state index in [1.54, 1.807) is 30.3 Å². The Morgan fingerprint density at radius 3 is 1.24 bits per heavy atom. The molecule has 21 heteroatoms. The van der Waals surface area contributed by atoms with Gasteiger partial charge >= 0.3 is 0 Å². The van der Waals surface area contributed by atoms with E-state index in [-0.39, 0.29) is 0 Å². The van der Waals surface area contributed by atoms with Gasteiger partial charge in [-0.15, -0.1) is 0 Å². The molecular weight excluding hydrogens is 712 g/mol. The number of ether oxygens (including phenoxy) is 7. The highest BCUT2D eigenvalue weighted by molar-refractivity contribution is 7.99. The first-order valence-electron chi connectivity index (χ1n) is 16.2. The quantitative estimate of drug-likeness (QED) is 0.0942. The van der Waals surface area contributed by atoms with Crippen LogP contribution in [0.2, 0.25) is 0 Å².